The van der Waals surface area contributed by atoms with Gasteiger partial charge in [0.2, 0.25) is 0 Å². The van der Waals surface area contributed by atoms with Crippen LogP contribution in [0.5, 0.6) is 0 Å². The normalized spacial score (nSPS) is 14.3. The third-order valence-electron chi connectivity index (χ3n) is 1.82. The molecule has 5 heteroatoms. The van der Waals surface area contributed by atoms with Crippen LogP contribution >= 0.6 is 0 Å². The molecule has 0 aromatic rings. The van der Waals surface area contributed by atoms with E-state index in [4.69, 9.17) is 5.26 Å². The summed E-state index contributed by atoms with van der Waals surface area (Å²) in [5, 5.41) is 23.0. The number of hydrogen-bond donors (Lipinski definition) is 3. The number of nitrogens with zero attached hydrogens (tertiary/aromatic N) is 1. The quantitative estimate of drug-likeness (QED) is 0.573. The molecule has 80 valence electrons. The van der Waals surface area contributed by atoms with Crippen molar-refractivity contribution in [3.63, 3.8) is 0 Å². The standard InChI is InChI=1S/C9H17N3O2/c1-4-11-9(14)12-8(13)7(5-10)6(2)3/h6-8,13H,4H2,1-3H3,(H2,11,12,14). The van der Waals surface area contributed by atoms with Crippen molar-refractivity contribution in [1.82, 2.24) is 10.6 Å². The molecule has 0 radical (unpaired) electrons. The first-order valence-electron chi connectivity index (χ1n) is 4.65. The number of nitriles is 1. The average Bonchev–Trinajstić information content (AvgIpc) is 2.04. The Kier molecular flexibility index (Phi) is 5.65. The molecular weight excluding hydrogens is 182 g/mol. The van der Waals surface area contributed by atoms with Gasteiger partial charge >= 0.3 is 6.03 Å². The minimum atomic E-state index is -1.12. The molecule has 0 spiro atoms. The van der Waals surface area contributed by atoms with E-state index in [-0.39, 0.29) is 5.92 Å². The first kappa shape index (κ1) is 12.7. The summed E-state index contributed by atoms with van der Waals surface area (Å²) in [4.78, 5) is 11.0. The fourth-order valence-electron chi connectivity index (χ4n) is 1.02. The van der Waals surface area contributed by atoms with Crippen molar-refractivity contribution >= 4 is 6.03 Å². The second-order valence-corrected chi connectivity index (χ2v) is 3.35. The van der Waals surface area contributed by atoms with Gasteiger partial charge in [0.15, 0.2) is 0 Å². The molecule has 0 aromatic heterocycles. The number of aliphatic hydroxyl groups is 1. The highest BCUT2D eigenvalue weighted by atomic mass is 16.3. The van der Waals surface area contributed by atoms with E-state index < -0.39 is 18.2 Å². The van der Waals surface area contributed by atoms with Gasteiger partial charge in [-0.2, -0.15) is 5.26 Å². The first-order valence-corrected chi connectivity index (χ1v) is 4.65. The summed E-state index contributed by atoms with van der Waals surface area (Å²) >= 11 is 0. The van der Waals surface area contributed by atoms with Crippen LogP contribution in [0.15, 0.2) is 0 Å². The molecule has 14 heavy (non-hydrogen) atoms. The Hall–Kier alpha value is -1.28. The van der Waals surface area contributed by atoms with Gasteiger partial charge < -0.3 is 15.7 Å². The minimum absolute atomic E-state index is 0.00285. The molecular formula is C9H17N3O2. The van der Waals surface area contributed by atoms with E-state index in [1.54, 1.807) is 6.92 Å². The summed E-state index contributed by atoms with van der Waals surface area (Å²) in [6.07, 6.45) is -1.12. The number of urea groups is 1. The van der Waals surface area contributed by atoms with Gasteiger partial charge in [-0.25, -0.2) is 4.79 Å². The maximum Gasteiger partial charge on any atom is 0.316 e. The largest absolute Gasteiger partial charge is 0.372 e. The van der Waals surface area contributed by atoms with Crippen LogP contribution < -0.4 is 10.6 Å². The number of carbonyl (C=O) groups excluding carboxylic acids is 1. The molecule has 0 saturated heterocycles. The van der Waals surface area contributed by atoms with Crippen molar-refractivity contribution in [1.29, 1.82) is 5.26 Å². The smallest absolute Gasteiger partial charge is 0.316 e. The van der Waals surface area contributed by atoms with Gasteiger partial charge in [0.25, 0.3) is 0 Å². The van der Waals surface area contributed by atoms with Crippen molar-refractivity contribution in [3.8, 4) is 6.07 Å². The molecule has 0 aromatic carbocycles. The highest BCUT2D eigenvalue weighted by Gasteiger charge is 2.23. The van der Waals surface area contributed by atoms with Crippen molar-refractivity contribution in [2.45, 2.75) is 27.0 Å². The van der Waals surface area contributed by atoms with Crippen molar-refractivity contribution in [3.05, 3.63) is 0 Å². The number of carbonyl (C=O) groups is 1. The predicted molar refractivity (Wildman–Crippen MR) is 52.2 cm³/mol. The van der Waals surface area contributed by atoms with Crippen LogP contribution in [-0.2, 0) is 0 Å². The molecule has 0 heterocycles. The Balaban J connectivity index is 4.12. The molecule has 0 bridgehead atoms. The van der Waals surface area contributed by atoms with E-state index in [1.165, 1.54) is 0 Å². The van der Waals surface area contributed by atoms with Gasteiger partial charge in [0, 0.05) is 6.54 Å². The van der Waals surface area contributed by atoms with Gasteiger partial charge in [-0.3, -0.25) is 0 Å². The molecule has 2 unspecified atom stereocenters. The summed E-state index contributed by atoms with van der Waals surface area (Å²) in [6.45, 7) is 5.89. The molecule has 2 amide bonds. The Morgan fingerprint density at radius 3 is 2.50 bits per heavy atom. The molecule has 2 atom stereocenters. The van der Waals surface area contributed by atoms with E-state index in [0.29, 0.717) is 6.54 Å². The second-order valence-electron chi connectivity index (χ2n) is 3.35. The van der Waals surface area contributed by atoms with Crippen molar-refractivity contribution in [2.24, 2.45) is 11.8 Å². The van der Waals surface area contributed by atoms with Crippen LogP contribution in [0.1, 0.15) is 20.8 Å². The lowest BCUT2D eigenvalue weighted by molar-refractivity contribution is 0.0866. The lowest BCUT2D eigenvalue weighted by Gasteiger charge is -2.20. The summed E-state index contributed by atoms with van der Waals surface area (Å²) < 4.78 is 0. The summed E-state index contributed by atoms with van der Waals surface area (Å²) in [7, 11) is 0. The van der Waals surface area contributed by atoms with Crippen LogP contribution in [-0.4, -0.2) is 23.9 Å². The van der Waals surface area contributed by atoms with Crippen LogP contribution in [0.25, 0.3) is 0 Å². The van der Waals surface area contributed by atoms with E-state index in [1.807, 2.05) is 19.9 Å². The fraction of sp³-hybridized carbons (Fsp3) is 0.778. The Morgan fingerprint density at radius 1 is 1.57 bits per heavy atom. The highest BCUT2D eigenvalue weighted by molar-refractivity contribution is 5.73. The molecule has 0 aliphatic rings. The maximum absolute atomic E-state index is 11.0. The average molecular weight is 199 g/mol. The minimum Gasteiger partial charge on any atom is -0.372 e. The van der Waals surface area contributed by atoms with Crippen LogP contribution in [0.2, 0.25) is 0 Å². The lowest BCUT2D eigenvalue weighted by Crippen LogP contribution is -2.46. The lowest BCUT2D eigenvalue weighted by atomic mass is 9.96. The van der Waals surface area contributed by atoms with Crippen LogP contribution in [0.3, 0.4) is 0 Å². The van der Waals surface area contributed by atoms with E-state index in [9.17, 15) is 9.90 Å². The van der Waals surface area contributed by atoms with Gasteiger partial charge in [0.05, 0.1) is 12.0 Å². The number of amides is 2. The zero-order chi connectivity index (χ0) is 11.1. The van der Waals surface area contributed by atoms with Gasteiger partial charge in [0.1, 0.15) is 6.23 Å². The monoisotopic (exact) mass is 199 g/mol. The topological polar surface area (TPSA) is 85.2 Å². The Labute approximate surface area is 84.1 Å². The first-order chi connectivity index (χ1) is 6.52. The zero-order valence-corrected chi connectivity index (χ0v) is 8.74. The number of nitrogens with one attached hydrogen (secondary N) is 2. The molecule has 5 nitrogen and oxygen atoms in total. The molecule has 0 fully saturated rings. The molecule has 0 aliphatic heterocycles. The van der Waals surface area contributed by atoms with Gasteiger partial charge in [-0.05, 0) is 12.8 Å². The number of rotatable bonds is 4. The summed E-state index contributed by atoms with van der Waals surface area (Å²) in [6, 6.07) is 1.50. The van der Waals surface area contributed by atoms with Gasteiger partial charge in [-0.1, -0.05) is 13.8 Å². The molecule has 0 aliphatic carbocycles. The van der Waals surface area contributed by atoms with Crippen molar-refractivity contribution in [2.75, 3.05) is 6.54 Å². The summed E-state index contributed by atoms with van der Waals surface area (Å²) in [5.41, 5.74) is 0. The number of aliphatic hydroxyl groups excluding tert-OH is 1. The predicted octanol–water partition coefficient (Wildman–Crippen LogP) is 0.420. The van der Waals surface area contributed by atoms with Crippen LogP contribution in [0.4, 0.5) is 4.79 Å². The zero-order valence-electron chi connectivity index (χ0n) is 8.74. The number of hydrogen-bond acceptors (Lipinski definition) is 3. The Morgan fingerprint density at radius 2 is 2.14 bits per heavy atom. The van der Waals surface area contributed by atoms with Crippen molar-refractivity contribution < 1.29 is 9.90 Å². The maximum atomic E-state index is 11.0. The third-order valence-corrected chi connectivity index (χ3v) is 1.82. The molecule has 0 saturated carbocycles. The SMILES string of the molecule is CCNC(=O)NC(O)C(C#N)C(C)C. The molecule has 3 N–H and O–H groups in total. The third kappa shape index (κ3) is 4.10. The Bertz CT molecular complexity index is 223. The second kappa shape index (κ2) is 6.22. The van der Waals surface area contributed by atoms with E-state index in [0.717, 1.165) is 0 Å². The van der Waals surface area contributed by atoms with E-state index >= 15 is 0 Å². The van der Waals surface area contributed by atoms with Gasteiger partial charge in [-0.15, -0.1) is 0 Å². The highest BCUT2D eigenvalue weighted by Crippen LogP contribution is 2.12. The van der Waals surface area contributed by atoms with Crippen LogP contribution in [0, 0.1) is 23.2 Å². The van der Waals surface area contributed by atoms with E-state index in [2.05, 4.69) is 10.6 Å². The summed E-state index contributed by atoms with van der Waals surface area (Å²) in [5.74, 6) is -0.588. The fourth-order valence-corrected chi connectivity index (χ4v) is 1.02. The molecule has 0 rings (SSSR count).